The lowest BCUT2D eigenvalue weighted by Gasteiger charge is -1.98. The fourth-order valence-electron chi connectivity index (χ4n) is 1.23. The average Bonchev–Trinajstić information content (AvgIpc) is 2.19. The lowest BCUT2D eigenvalue weighted by atomic mass is 10.1. The quantitative estimate of drug-likeness (QED) is 0.368. The van der Waals surface area contributed by atoms with Crippen LogP contribution in [0.15, 0.2) is 41.8 Å². The Kier molecular flexibility index (Phi) is 1.82. The molecule has 0 radical (unpaired) electrons. The Bertz CT molecular complexity index is 480. The zero-order valence-corrected chi connectivity index (χ0v) is 6.75. The van der Waals surface area contributed by atoms with Gasteiger partial charge in [-0.15, -0.1) is 0 Å². The smallest absolute Gasteiger partial charge is 0.0637 e. The first kappa shape index (κ1) is 7.58. The molecule has 0 aliphatic heterocycles. The number of aromatic nitrogens is 1. The van der Waals surface area contributed by atoms with Crippen LogP contribution in [0.2, 0.25) is 0 Å². The molecule has 1 heterocycles. The van der Waals surface area contributed by atoms with E-state index in [1.54, 1.807) is 12.4 Å². The lowest BCUT2D eigenvalue weighted by molar-refractivity contribution is 1.33. The summed E-state index contributed by atoms with van der Waals surface area (Å²) in [5.74, 6) is 0. The predicted octanol–water partition coefficient (Wildman–Crippen LogP) is 3.18. The molecule has 0 aliphatic carbocycles. The Labute approximate surface area is 74.5 Å². The van der Waals surface area contributed by atoms with Crippen LogP contribution in [0, 0.1) is 0 Å². The monoisotopic (exact) mass is 170 g/mol. The number of hydrogen-bond acceptors (Lipinski definition) is 2. The van der Waals surface area contributed by atoms with Gasteiger partial charge in [0.1, 0.15) is 0 Å². The van der Waals surface area contributed by atoms with Gasteiger partial charge in [-0.05, 0) is 10.9 Å². The number of rotatable bonds is 1. The molecule has 1 aromatic heterocycles. The van der Waals surface area contributed by atoms with E-state index in [4.69, 9.17) is 5.53 Å². The van der Waals surface area contributed by atoms with Crippen LogP contribution in [0.3, 0.4) is 0 Å². The van der Waals surface area contributed by atoms with E-state index in [-0.39, 0.29) is 0 Å². The first-order valence-corrected chi connectivity index (χ1v) is 3.79. The Morgan fingerprint density at radius 2 is 2.08 bits per heavy atom. The van der Waals surface area contributed by atoms with Gasteiger partial charge in [0, 0.05) is 22.7 Å². The van der Waals surface area contributed by atoms with Crippen LogP contribution in [0.5, 0.6) is 0 Å². The maximum absolute atomic E-state index is 8.31. The molecule has 0 N–H and O–H groups in total. The largest absolute Gasteiger partial charge is 0.264 e. The molecule has 4 heteroatoms. The zero-order valence-electron chi connectivity index (χ0n) is 6.75. The summed E-state index contributed by atoms with van der Waals surface area (Å²) in [6, 6.07) is 7.66. The topological polar surface area (TPSA) is 61.7 Å². The highest BCUT2D eigenvalue weighted by molar-refractivity contribution is 5.91. The summed E-state index contributed by atoms with van der Waals surface area (Å²) in [5, 5.41) is 5.46. The lowest BCUT2D eigenvalue weighted by Crippen LogP contribution is -1.75. The minimum absolute atomic E-state index is 0.570. The number of azide groups is 1. The molecule has 0 spiro atoms. The second-order valence-electron chi connectivity index (χ2n) is 2.57. The number of pyridine rings is 1. The van der Waals surface area contributed by atoms with Crippen molar-refractivity contribution >= 4 is 16.5 Å². The van der Waals surface area contributed by atoms with Crippen LogP contribution in [0.1, 0.15) is 0 Å². The van der Waals surface area contributed by atoms with Gasteiger partial charge in [-0.25, -0.2) is 0 Å². The summed E-state index contributed by atoms with van der Waals surface area (Å²) in [6.45, 7) is 0. The molecule has 0 fully saturated rings. The fourth-order valence-corrected chi connectivity index (χ4v) is 1.23. The number of fused-ring (bicyclic) bond motifs is 1. The summed E-state index contributed by atoms with van der Waals surface area (Å²) in [5.41, 5.74) is 8.88. The van der Waals surface area contributed by atoms with Gasteiger partial charge in [0.2, 0.25) is 0 Å². The van der Waals surface area contributed by atoms with Crippen LogP contribution in [-0.2, 0) is 0 Å². The van der Waals surface area contributed by atoms with Crippen LogP contribution in [0.25, 0.3) is 21.2 Å². The summed E-state index contributed by atoms with van der Waals surface area (Å²) in [6.07, 6.45) is 3.30. The minimum atomic E-state index is 0.570. The third-order valence-corrected chi connectivity index (χ3v) is 1.80. The van der Waals surface area contributed by atoms with Crippen LogP contribution in [0.4, 0.5) is 5.69 Å². The van der Waals surface area contributed by atoms with E-state index in [9.17, 15) is 0 Å². The van der Waals surface area contributed by atoms with Crippen molar-refractivity contribution in [3.63, 3.8) is 0 Å². The van der Waals surface area contributed by atoms with Crippen LogP contribution in [-0.4, -0.2) is 4.98 Å². The van der Waals surface area contributed by atoms with Crippen molar-refractivity contribution in [1.82, 2.24) is 4.98 Å². The number of nitrogens with zero attached hydrogens (tertiary/aromatic N) is 4. The van der Waals surface area contributed by atoms with Crippen molar-refractivity contribution in [2.24, 2.45) is 5.11 Å². The molecule has 0 aliphatic rings. The maximum Gasteiger partial charge on any atom is 0.0637 e. The molecule has 0 saturated carbocycles. The first-order valence-electron chi connectivity index (χ1n) is 3.79. The van der Waals surface area contributed by atoms with E-state index in [0.717, 1.165) is 10.8 Å². The highest BCUT2D eigenvalue weighted by Crippen LogP contribution is 2.23. The molecule has 0 bridgehead atoms. The summed E-state index contributed by atoms with van der Waals surface area (Å²) in [4.78, 5) is 6.71. The molecule has 1 aromatic carbocycles. The standard InChI is InChI=1S/C9H6N4/c10-13-12-9-6-11-5-7-3-1-2-4-8(7)9/h1-6H. The molecule has 2 aromatic rings. The maximum atomic E-state index is 8.31. The van der Waals surface area contributed by atoms with E-state index < -0.39 is 0 Å². The van der Waals surface area contributed by atoms with E-state index in [1.807, 2.05) is 24.3 Å². The highest BCUT2D eigenvalue weighted by Gasteiger charge is 1.96. The average molecular weight is 170 g/mol. The molecule has 62 valence electrons. The second-order valence-corrected chi connectivity index (χ2v) is 2.57. The second kappa shape index (κ2) is 3.13. The molecule has 2 rings (SSSR count). The SMILES string of the molecule is [N-]=[N+]=Nc1cncc2ccccc12. The molecule has 0 amide bonds. The van der Waals surface area contributed by atoms with Crippen molar-refractivity contribution in [1.29, 1.82) is 0 Å². The first-order chi connectivity index (χ1) is 6.42. The molecule has 0 saturated heterocycles. The normalized spacial score (nSPS) is 9.54. The van der Waals surface area contributed by atoms with Crippen LogP contribution >= 0.6 is 0 Å². The van der Waals surface area contributed by atoms with Gasteiger partial charge in [0.15, 0.2) is 0 Å². The van der Waals surface area contributed by atoms with E-state index in [2.05, 4.69) is 15.0 Å². The van der Waals surface area contributed by atoms with Crippen molar-refractivity contribution in [3.05, 3.63) is 47.1 Å². The van der Waals surface area contributed by atoms with Gasteiger partial charge in [0.05, 0.1) is 5.69 Å². The zero-order chi connectivity index (χ0) is 9.10. The van der Waals surface area contributed by atoms with Crippen molar-refractivity contribution in [3.8, 4) is 0 Å². The molecule has 0 unspecified atom stereocenters. The molecular formula is C9H6N4. The minimum Gasteiger partial charge on any atom is -0.264 e. The van der Waals surface area contributed by atoms with Gasteiger partial charge in [0.25, 0.3) is 0 Å². The third-order valence-electron chi connectivity index (χ3n) is 1.80. The van der Waals surface area contributed by atoms with Gasteiger partial charge in [-0.2, -0.15) is 0 Å². The molecule has 4 nitrogen and oxygen atoms in total. The summed E-state index contributed by atoms with van der Waals surface area (Å²) >= 11 is 0. The van der Waals surface area contributed by atoms with Gasteiger partial charge < -0.3 is 0 Å². The van der Waals surface area contributed by atoms with E-state index in [1.165, 1.54) is 0 Å². The van der Waals surface area contributed by atoms with Crippen molar-refractivity contribution in [2.75, 3.05) is 0 Å². The summed E-state index contributed by atoms with van der Waals surface area (Å²) < 4.78 is 0. The Morgan fingerprint density at radius 1 is 1.23 bits per heavy atom. The number of hydrogen-bond donors (Lipinski definition) is 0. The number of benzene rings is 1. The van der Waals surface area contributed by atoms with Gasteiger partial charge >= 0.3 is 0 Å². The van der Waals surface area contributed by atoms with Gasteiger partial charge in [-0.3, -0.25) is 4.98 Å². The van der Waals surface area contributed by atoms with Crippen molar-refractivity contribution < 1.29 is 0 Å². The third kappa shape index (κ3) is 1.30. The molecule has 0 atom stereocenters. The Hall–Kier alpha value is -2.06. The van der Waals surface area contributed by atoms with Crippen LogP contribution < -0.4 is 0 Å². The Balaban J connectivity index is 2.82. The molecular weight excluding hydrogens is 164 g/mol. The fraction of sp³-hybridized carbons (Fsp3) is 0. The highest BCUT2D eigenvalue weighted by atomic mass is 15.1. The van der Waals surface area contributed by atoms with E-state index >= 15 is 0 Å². The molecule has 13 heavy (non-hydrogen) atoms. The van der Waals surface area contributed by atoms with Crippen molar-refractivity contribution in [2.45, 2.75) is 0 Å². The predicted molar refractivity (Wildman–Crippen MR) is 50.5 cm³/mol. The van der Waals surface area contributed by atoms with E-state index in [0.29, 0.717) is 5.69 Å². The van der Waals surface area contributed by atoms with Gasteiger partial charge in [-0.1, -0.05) is 29.4 Å². The summed E-state index contributed by atoms with van der Waals surface area (Å²) in [7, 11) is 0. The Morgan fingerprint density at radius 3 is 2.92 bits per heavy atom.